The van der Waals surface area contributed by atoms with Gasteiger partial charge in [-0.1, -0.05) is 0 Å². The molecule has 0 saturated carbocycles. The minimum absolute atomic E-state index is 0.790. The van der Waals surface area contributed by atoms with Crippen molar-refractivity contribution >= 4 is 0 Å². The molecule has 14 N–H and O–H groups in total. The van der Waals surface area contributed by atoms with Gasteiger partial charge in [0.15, 0.2) is 25.2 Å². The highest BCUT2D eigenvalue weighted by Gasteiger charge is 2.55. The summed E-state index contributed by atoms with van der Waals surface area (Å²) in [5, 5.41) is 143. The van der Waals surface area contributed by atoms with Crippen LogP contribution in [0.25, 0.3) is 0 Å². The van der Waals surface area contributed by atoms with E-state index in [-0.39, 0.29) is 0 Å². The van der Waals surface area contributed by atoms with E-state index in [4.69, 9.17) is 33.2 Å². The van der Waals surface area contributed by atoms with Gasteiger partial charge in [0.2, 0.25) is 0 Å². The molecule has 0 aromatic carbocycles. The third-order valence-corrected chi connectivity index (χ3v) is 8.20. The topological polar surface area (TPSA) is 348 Å². The number of aliphatic hydroxyl groups excluding tert-OH is 14. The Labute approximate surface area is 254 Å². The molecule has 0 aromatic heterocycles. The second-order valence-electron chi connectivity index (χ2n) is 11.1. The first-order valence-corrected chi connectivity index (χ1v) is 14.1. The maximum atomic E-state index is 11.0. The summed E-state index contributed by atoms with van der Waals surface area (Å²) in [5.74, 6) is 0. The summed E-state index contributed by atoms with van der Waals surface area (Å²) in [6.45, 7) is -3.41. The fourth-order valence-electron chi connectivity index (χ4n) is 5.54. The number of ether oxygens (including phenoxy) is 7. The summed E-state index contributed by atoms with van der Waals surface area (Å²) < 4.78 is 37.7. The number of rotatable bonds is 10. The van der Waals surface area contributed by atoms with E-state index in [0.717, 1.165) is 0 Å². The van der Waals surface area contributed by atoms with E-state index in [1.54, 1.807) is 0 Å². The predicted molar refractivity (Wildman–Crippen MR) is 134 cm³/mol. The Kier molecular flexibility index (Phi) is 12.8. The summed E-state index contributed by atoms with van der Waals surface area (Å²) in [4.78, 5) is 0. The Morgan fingerprint density at radius 2 is 0.711 bits per heavy atom. The molecule has 0 radical (unpaired) electrons. The van der Waals surface area contributed by atoms with Gasteiger partial charge in [0, 0.05) is 0 Å². The zero-order valence-corrected chi connectivity index (χ0v) is 23.5. The standard InChI is InChI=1S/C24H42O21/c25-1-5-9(29)11(31)15(35)22(40-5)43-19-8(4-28)42-23(16(36)13(19)33)45-20-10(30)6(2-26)41-24(17(20)37)44-18-7(3-27)39-21(38)14(34)12(18)32/h5-38H,1-4H2/t5-,6-,7-,8-,9-,10-,11+,12-,13-,14-,15-,16-,17-,18-,19-,20+,21?,22+,23+,24+/m1/s1. The first-order valence-electron chi connectivity index (χ1n) is 14.1. The Morgan fingerprint density at radius 3 is 1.22 bits per heavy atom. The van der Waals surface area contributed by atoms with E-state index in [1.165, 1.54) is 0 Å². The molecule has 21 nitrogen and oxygen atoms in total. The fourth-order valence-corrected chi connectivity index (χ4v) is 5.54. The van der Waals surface area contributed by atoms with Gasteiger partial charge in [0.1, 0.15) is 97.7 Å². The van der Waals surface area contributed by atoms with E-state index in [0.29, 0.717) is 0 Å². The molecule has 0 aliphatic carbocycles. The summed E-state index contributed by atoms with van der Waals surface area (Å²) in [6, 6.07) is 0. The summed E-state index contributed by atoms with van der Waals surface area (Å²) in [7, 11) is 0. The minimum atomic E-state index is -2.05. The lowest BCUT2D eigenvalue weighted by molar-refractivity contribution is -0.388. The van der Waals surface area contributed by atoms with Gasteiger partial charge in [0.05, 0.1) is 26.4 Å². The van der Waals surface area contributed by atoms with Crippen molar-refractivity contribution in [1.29, 1.82) is 0 Å². The molecule has 264 valence electrons. The quantitative estimate of drug-likeness (QED) is 0.103. The Morgan fingerprint density at radius 1 is 0.333 bits per heavy atom. The molecule has 4 aliphatic rings. The number of aliphatic hydroxyl groups is 14. The molecule has 4 fully saturated rings. The number of hydrogen-bond donors (Lipinski definition) is 14. The van der Waals surface area contributed by atoms with Gasteiger partial charge in [-0.25, -0.2) is 0 Å². The first-order chi connectivity index (χ1) is 21.3. The van der Waals surface area contributed by atoms with Crippen LogP contribution in [0, 0.1) is 0 Å². The Bertz CT molecular complexity index is 912. The molecule has 20 atom stereocenters. The molecule has 45 heavy (non-hydrogen) atoms. The van der Waals surface area contributed by atoms with Crippen molar-refractivity contribution in [2.45, 2.75) is 123 Å². The number of hydrogen-bond acceptors (Lipinski definition) is 21. The molecule has 0 bridgehead atoms. The van der Waals surface area contributed by atoms with Crippen LogP contribution in [-0.4, -0.2) is 221 Å². The van der Waals surface area contributed by atoms with E-state index >= 15 is 0 Å². The van der Waals surface area contributed by atoms with Gasteiger partial charge in [0.25, 0.3) is 0 Å². The maximum Gasteiger partial charge on any atom is 0.187 e. The fraction of sp³-hybridized carbons (Fsp3) is 1.00. The van der Waals surface area contributed by atoms with Crippen LogP contribution in [0.2, 0.25) is 0 Å². The molecule has 1 unspecified atom stereocenters. The molecule has 0 amide bonds. The molecular formula is C24H42O21. The average molecular weight is 667 g/mol. The smallest absolute Gasteiger partial charge is 0.187 e. The van der Waals surface area contributed by atoms with Gasteiger partial charge >= 0.3 is 0 Å². The van der Waals surface area contributed by atoms with E-state index in [1.807, 2.05) is 0 Å². The van der Waals surface area contributed by atoms with Gasteiger partial charge in [-0.2, -0.15) is 0 Å². The monoisotopic (exact) mass is 666 g/mol. The van der Waals surface area contributed by atoms with Crippen molar-refractivity contribution in [2.24, 2.45) is 0 Å². The van der Waals surface area contributed by atoms with E-state index in [2.05, 4.69) is 0 Å². The molecule has 4 rings (SSSR count). The second kappa shape index (κ2) is 15.6. The molecule has 0 aromatic rings. The van der Waals surface area contributed by atoms with Crippen LogP contribution < -0.4 is 0 Å². The molecular weight excluding hydrogens is 624 g/mol. The normalized spacial score (nSPS) is 52.9. The lowest BCUT2D eigenvalue weighted by Crippen LogP contribution is -2.67. The average Bonchev–Trinajstić information content (AvgIpc) is 3.03. The van der Waals surface area contributed by atoms with Crippen molar-refractivity contribution in [1.82, 2.24) is 0 Å². The zero-order chi connectivity index (χ0) is 33.3. The predicted octanol–water partition coefficient (Wildman–Crippen LogP) is -9.75. The van der Waals surface area contributed by atoms with Gasteiger partial charge < -0.3 is 105 Å². The highest BCUT2D eigenvalue weighted by molar-refractivity contribution is 4.97. The lowest BCUT2D eigenvalue weighted by Gasteiger charge is -2.49. The van der Waals surface area contributed by atoms with Crippen molar-refractivity contribution in [3.8, 4) is 0 Å². The van der Waals surface area contributed by atoms with Crippen molar-refractivity contribution in [3.63, 3.8) is 0 Å². The van der Waals surface area contributed by atoms with Gasteiger partial charge in [-0.3, -0.25) is 0 Å². The second-order valence-corrected chi connectivity index (χ2v) is 11.1. The third kappa shape index (κ3) is 7.44. The highest BCUT2D eigenvalue weighted by atomic mass is 16.8. The largest absolute Gasteiger partial charge is 0.394 e. The summed E-state index contributed by atoms with van der Waals surface area (Å²) >= 11 is 0. The Balaban J connectivity index is 1.48. The van der Waals surface area contributed by atoms with Crippen LogP contribution in [0.3, 0.4) is 0 Å². The van der Waals surface area contributed by atoms with Crippen LogP contribution >= 0.6 is 0 Å². The van der Waals surface area contributed by atoms with Crippen LogP contribution in [0.4, 0.5) is 0 Å². The Hall–Kier alpha value is -0.840. The van der Waals surface area contributed by atoms with E-state index in [9.17, 15) is 71.5 Å². The van der Waals surface area contributed by atoms with Gasteiger partial charge in [-0.15, -0.1) is 0 Å². The van der Waals surface area contributed by atoms with Crippen LogP contribution in [0.1, 0.15) is 0 Å². The third-order valence-electron chi connectivity index (χ3n) is 8.20. The molecule has 0 spiro atoms. The molecule has 4 saturated heterocycles. The SMILES string of the molecule is OC[C@H]1O[C@@H](O[C@H]2[C@H](O)[C@@H](O)[C@H](O[C@@H]3[C@@H](O)[C@H](O[C@H]4[C@H](O)[C@@H](O)C(O)O[C@@H]4CO)O[C@H](CO)[C@H]3O)O[C@@H]2CO)[C@H](O)[C@@H](O)[C@@H]1O. The molecule has 21 heteroatoms. The lowest BCUT2D eigenvalue weighted by atomic mass is 9.95. The molecule has 4 heterocycles. The highest BCUT2D eigenvalue weighted by Crippen LogP contribution is 2.34. The van der Waals surface area contributed by atoms with Crippen LogP contribution in [-0.2, 0) is 33.2 Å². The van der Waals surface area contributed by atoms with Crippen LogP contribution in [0.5, 0.6) is 0 Å². The van der Waals surface area contributed by atoms with Crippen molar-refractivity contribution in [2.75, 3.05) is 26.4 Å². The summed E-state index contributed by atoms with van der Waals surface area (Å²) in [6.07, 6.45) is -35.6. The maximum absolute atomic E-state index is 11.0. The van der Waals surface area contributed by atoms with Crippen molar-refractivity contribution < 1.29 is 105 Å². The molecule has 4 aliphatic heterocycles. The van der Waals surface area contributed by atoms with E-state index < -0.39 is 149 Å². The van der Waals surface area contributed by atoms with Gasteiger partial charge in [-0.05, 0) is 0 Å². The minimum Gasteiger partial charge on any atom is -0.394 e. The first kappa shape index (κ1) is 37.0. The summed E-state index contributed by atoms with van der Waals surface area (Å²) in [5.41, 5.74) is 0. The zero-order valence-electron chi connectivity index (χ0n) is 23.5. The van der Waals surface area contributed by atoms with Crippen molar-refractivity contribution in [3.05, 3.63) is 0 Å². The van der Waals surface area contributed by atoms with Crippen LogP contribution in [0.15, 0.2) is 0 Å².